The molecule has 1 saturated heterocycles. The number of hydrogen-bond acceptors (Lipinski definition) is 4. The quantitative estimate of drug-likeness (QED) is 0.736. The van der Waals surface area contributed by atoms with E-state index < -0.39 is 17.7 Å². The number of amides is 2. The number of nitrogens with one attached hydrogen (secondary N) is 1. The second-order valence-electron chi connectivity index (χ2n) is 7.29. The van der Waals surface area contributed by atoms with Gasteiger partial charge in [-0.3, -0.25) is 9.69 Å². The highest BCUT2D eigenvalue weighted by Crippen LogP contribution is 2.42. The van der Waals surface area contributed by atoms with Gasteiger partial charge < -0.3 is 10.1 Å². The van der Waals surface area contributed by atoms with E-state index in [4.69, 9.17) is 16.3 Å². The van der Waals surface area contributed by atoms with Gasteiger partial charge in [-0.25, -0.2) is 4.79 Å². The monoisotopic (exact) mass is 398 g/mol. The van der Waals surface area contributed by atoms with Gasteiger partial charge in [0.25, 0.3) is 0 Å². The van der Waals surface area contributed by atoms with Crippen molar-refractivity contribution in [3.63, 3.8) is 0 Å². The summed E-state index contributed by atoms with van der Waals surface area (Å²) in [4.78, 5) is 27.0. The van der Waals surface area contributed by atoms with Gasteiger partial charge in [0.15, 0.2) is 0 Å². The fourth-order valence-electron chi connectivity index (χ4n) is 2.64. The molecular weight excluding hydrogens is 372 g/mol. The largest absolute Gasteiger partial charge is 0.444 e. The maximum absolute atomic E-state index is 12.8. The van der Waals surface area contributed by atoms with Crippen molar-refractivity contribution in [2.24, 2.45) is 0 Å². The second kappa shape index (κ2) is 9.00. The Balaban J connectivity index is 2.23. The smallest absolute Gasteiger partial charge is 0.412 e. The summed E-state index contributed by atoms with van der Waals surface area (Å²) in [6.07, 6.45) is 1.44. The molecule has 1 aliphatic heterocycles. The minimum Gasteiger partial charge on any atom is -0.444 e. The predicted octanol–water partition coefficient (Wildman–Crippen LogP) is 4.61. The number of unbranched alkanes of at least 4 members (excludes halogenated alkanes) is 1. The zero-order valence-corrected chi connectivity index (χ0v) is 17.3. The molecule has 1 N–H and O–H groups in total. The Morgan fingerprint density at radius 1 is 1.31 bits per heavy atom. The molecule has 1 heterocycles. The summed E-state index contributed by atoms with van der Waals surface area (Å²) in [7, 11) is 0. The third-order valence-corrected chi connectivity index (χ3v) is 5.47. The van der Waals surface area contributed by atoms with E-state index in [1.165, 1.54) is 0 Å². The molecule has 2 rings (SSSR count). The van der Waals surface area contributed by atoms with E-state index in [9.17, 15) is 9.59 Å². The van der Waals surface area contributed by atoms with Gasteiger partial charge in [-0.2, -0.15) is 0 Å². The highest BCUT2D eigenvalue weighted by Gasteiger charge is 2.44. The minimum atomic E-state index is -0.627. The SMILES string of the molecule is CCCCNC(=O)C1CSC(c2ccc(Cl)cc2)N1C(=O)OC(C)(C)C. The number of hydrogen-bond donors (Lipinski definition) is 1. The third kappa shape index (κ3) is 5.55. The van der Waals surface area contributed by atoms with Crippen LogP contribution < -0.4 is 5.32 Å². The van der Waals surface area contributed by atoms with Crippen LogP contribution in [0, 0.1) is 0 Å². The summed E-state index contributed by atoms with van der Waals surface area (Å²) < 4.78 is 5.57. The van der Waals surface area contributed by atoms with Crippen LogP contribution in [0.5, 0.6) is 0 Å². The fourth-order valence-corrected chi connectivity index (χ4v) is 4.18. The molecule has 2 atom stereocenters. The summed E-state index contributed by atoms with van der Waals surface area (Å²) in [5, 5.41) is 3.29. The lowest BCUT2D eigenvalue weighted by molar-refractivity contribution is -0.125. The number of nitrogens with zero attached hydrogens (tertiary/aromatic N) is 1. The van der Waals surface area contributed by atoms with Gasteiger partial charge in [-0.15, -0.1) is 11.8 Å². The van der Waals surface area contributed by atoms with Gasteiger partial charge in [0.2, 0.25) is 5.91 Å². The first-order valence-electron chi connectivity index (χ1n) is 8.89. The van der Waals surface area contributed by atoms with Crippen molar-refractivity contribution in [2.45, 2.75) is 57.6 Å². The molecule has 1 fully saturated rings. The van der Waals surface area contributed by atoms with E-state index >= 15 is 0 Å². The molecule has 0 aromatic heterocycles. The van der Waals surface area contributed by atoms with E-state index in [0.29, 0.717) is 17.3 Å². The molecule has 26 heavy (non-hydrogen) atoms. The first-order valence-corrected chi connectivity index (χ1v) is 10.3. The van der Waals surface area contributed by atoms with Crippen LogP contribution in [0.4, 0.5) is 4.79 Å². The molecule has 2 unspecified atom stereocenters. The average Bonchev–Trinajstić information content (AvgIpc) is 2.99. The Hall–Kier alpha value is -1.40. The van der Waals surface area contributed by atoms with Crippen LogP contribution in [-0.4, -0.2) is 40.8 Å². The Bertz CT molecular complexity index is 631. The Kier molecular flexibility index (Phi) is 7.24. The molecule has 1 aromatic rings. The second-order valence-corrected chi connectivity index (χ2v) is 8.83. The van der Waals surface area contributed by atoms with E-state index in [1.807, 2.05) is 32.9 Å². The maximum atomic E-state index is 12.8. The van der Waals surface area contributed by atoms with Crippen molar-refractivity contribution in [2.75, 3.05) is 12.3 Å². The van der Waals surface area contributed by atoms with Gasteiger partial charge in [0.1, 0.15) is 17.0 Å². The van der Waals surface area contributed by atoms with Crippen LogP contribution in [0.15, 0.2) is 24.3 Å². The van der Waals surface area contributed by atoms with Crippen molar-refractivity contribution in [1.82, 2.24) is 10.2 Å². The molecule has 144 valence electrons. The van der Waals surface area contributed by atoms with Crippen molar-refractivity contribution in [3.05, 3.63) is 34.9 Å². The maximum Gasteiger partial charge on any atom is 0.412 e. The highest BCUT2D eigenvalue weighted by molar-refractivity contribution is 7.99. The number of rotatable bonds is 5. The van der Waals surface area contributed by atoms with Crippen LogP contribution in [0.2, 0.25) is 5.02 Å². The van der Waals surface area contributed by atoms with E-state index in [1.54, 1.807) is 28.8 Å². The zero-order chi connectivity index (χ0) is 19.3. The minimum absolute atomic E-state index is 0.131. The molecular formula is C19H27ClN2O3S. The van der Waals surface area contributed by atoms with E-state index in [-0.39, 0.29) is 11.3 Å². The van der Waals surface area contributed by atoms with Crippen LogP contribution in [0.3, 0.4) is 0 Å². The molecule has 0 spiro atoms. The molecule has 0 saturated carbocycles. The summed E-state index contributed by atoms with van der Waals surface area (Å²) in [6, 6.07) is 6.80. The molecule has 5 nitrogen and oxygen atoms in total. The lowest BCUT2D eigenvalue weighted by Gasteiger charge is -2.31. The predicted molar refractivity (Wildman–Crippen MR) is 106 cm³/mol. The van der Waals surface area contributed by atoms with Crippen molar-refractivity contribution in [3.8, 4) is 0 Å². The van der Waals surface area contributed by atoms with Crippen LogP contribution in [-0.2, 0) is 9.53 Å². The molecule has 7 heteroatoms. The first-order chi connectivity index (χ1) is 12.2. The first kappa shape index (κ1) is 20.9. The van der Waals surface area contributed by atoms with Gasteiger partial charge in [0.05, 0.1) is 0 Å². The number of thioether (sulfide) groups is 1. The Labute approximate surface area is 164 Å². The van der Waals surface area contributed by atoms with Gasteiger partial charge >= 0.3 is 6.09 Å². The van der Waals surface area contributed by atoms with Crippen LogP contribution in [0.25, 0.3) is 0 Å². The number of carbonyl (C=O) groups excluding carboxylic acids is 2. The van der Waals surface area contributed by atoms with Crippen LogP contribution >= 0.6 is 23.4 Å². The lowest BCUT2D eigenvalue weighted by Crippen LogP contribution is -2.49. The van der Waals surface area contributed by atoms with E-state index in [2.05, 4.69) is 12.2 Å². The average molecular weight is 399 g/mol. The molecule has 0 aliphatic carbocycles. The van der Waals surface area contributed by atoms with Crippen LogP contribution in [0.1, 0.15) is 51.5 Å². The summed E-state index contributed by atoms with van der Waals surface area (Å²) in [5.41, 5.74) is 0.298. The Morgan fingerprint density at radius 2 is 1.96 bits per heavy atom. The molecule has 0 bridgehead atoms. The number of halogens is 1. The lowest BCUT2D eigenvalue weighted by atomic mass is 10.1. The topological polar surface area (TPSA) is 58.6 Å². The van der Waals surface area contributed by atoms with Gasteiger partial charge in [-0.05, 0) is 44.9 Å². The summed E-state index contributed by atoms with van der Waals surface area (Å²) >= 11 is 7.54. The Morgan fingerprint density at radius 3 is 2.54 bits per heavy atom. The molecule has 1 aliphatic rings. The third-order valence-electron chi connectivity index (χ3n) is 3.89. The molecule has 0 radical (unpaired) electrons. The molecule has 1 aromatic carbocycles. The van der Waals surface area contributed by atoms with Gasteiger partial charge in [0, 0.05) is 17.3 Å². The van der Waals surface area contributed by atoms with Crippen molar-refractivity contribution < 1.29 is 14.3 Å². The van der Waals surface area contributed by atoms with Gasteiger partial charge in [-0.1, -0.05) is 37.1 Å². The number of ether oxygens (including phenoxy) is 1. The number of carbonyl (C=O) groups is 2. The molecule has 2 amide bonds. The highest BCUT2D eigenvalue weighted by atomic mass is 35.5. The summed E-state index contributed by atoms with van der Waals surface area (Å²) in [6.45, 7) is 8.15. The number of benzene rings is 1. The normalized spacial score (nSPS) is 20.1. The fraction of sp³-hybridized carbons (Fsp3) is 0.579. The van der Waals surface area contributed by atoms with E-state index in [0.717, 1.165) is 18.4 Å². The zero-order valence-electron chi connectivity index (χ0n) is 15.8. The summed E-state index contributed by atoms with van der Waals surface area (Å²) in [5.74, 6) is 0.401. The van der Waals surface area contributed by atoms with Crippen molar-refractivity contribution in [1.29, 1.82) is 0 Å². The van der Waals surface area contributed by atoms with Crippen molar-refractivity contribution >= 4 is 35.4 Å². The standard InChI is InChI=1S/C19H27ClN2O3S/c1-5-6-11-21-16(23)15-12-26-17(13-7-9-14(20)10-8-13)22(15)18(24)25-19(2,3)4/h7-10,15,17H,5-6,11-12H2,1-4H3,(H,21,23).